The molecule has 0 saturated carbocycles. The molecule has 1 amide bonds. The Hall–Kier alpha value is -1.06. The van der Waals surface area contributed by atoms with Crippen LogP contribution in [-0.2, 0) is 9.59 Å². The summed E-state index contributed by atoms with van der Waals surface area (Å²) in [6, 6.07) is 0.0584. The van der Waals surface area contributed by atoms with E-state index in [1.165, 1.54) is 0 Å². The summed E-state index contributed by atoms with van der Waals surface area (Å²) in [5.74, 6) is 0.144. The second-order valence-corrected chi connectivity index (χ2v) is 5.76. The van der Waals surface area contributed by atoms with Crippen molar-refractivity contribution in [3.8, 4) is 0 Å². The molecule has 0 aliphatic rings. The van der Waals surface area contributed by atoms with E-state index in [1.54, 1.807) is 4.90 Å². The zero-order valence-corrected chi connectivity index (χ0v) is 12.3. The van der Waals surface area contributed by atoms with E-state index in [9.17, 15) is 9.59 Å². The Morgan fingerprint density at radius 1 is 1.11 bits per heavy atom. The standard InChI is InChI=1S/C14H27NO3/c1-10(2)8-12(5)9-13(16)15(11(3)4)7-6-14(17)18/h10-12H,6-9H2,1-5H3,(H,17,18). The molecule has 0 fully saturated rings. The first kappa shape index (κ1) is 16.9. The molecule has 4 nitrogen and oxygen atoms in total. The van der Waals surface area contributed by atoms with Gasteiger partial charge in [-0.1, -0.05) is 20.8 Å². The van der Waals surface area contributed by atoms with Crippen molar-refractivity contribution in [1.82, 2.24) is 4.90 Å². The van der Waals surface area contributed by atoms with Crippen molar-refractivity contribution in [3.63, 3.8) is 0 Å². The molecule has 0 aromatic heterocycles. The summed E-state index contributed by atoms with van der Waals surface area (Å²) in [7, 11) is 0. The van der Waals surface area contributed by atoms with E-state index in [0.717, 1.165) is 6.42 Å². The maximum atomic E-state index is 12.1. The zero-order valence-electron chi connectivity index (χ0n) is 12.3. The fourth-order valence-electron chi connectivity index (χ4n) is 2.19. The van der Waals surface area contributed by atoms with Gasteiger partial charge in [0.05, 0.1) is 6.42 Å². The van der Waals surface area contributed by atoms with Crippen molar-refractivity contribution in [1.29, 1.82) is 0 Å². The second kappa shape index (κ2) is 8.11. The molecule has 0 spiro atoms. The molecular formula is C14H27NO3. The van der Waals surface area contributed by atoms with Crippen LogP contribution in [0.5, 0.6) is 0 Å². The zero-order chi connectivity index (χ0) is 14.3. The summed E-state index contributed by atoms with van der Waals surface area (Å²) >= 11 is 0. The molecule has 0 aromatic rings. The van der Waals surface area contributed by atoms with Crippen LogP contribution in [0, 0.1) is 11.8 Å². The van der Waals surface area contributed by atoms with E-state index in [0.29, 0.717) is 24.8 Å². The van der Waals surface area contributed by atoms with Gasteiger partial charge in [0.25, 0.3) is 0 Å². The van der Waals surface area contributed by atoms with Crippen molar-refractivity contribution >= 4 is 11.9 Å². The number of carboxylic acids is 1. The quantitative estimate of drug-likeness (QED) is 0.727. The van der Waals surface area contributed by atoms with Gasteiger partial charge in [-0.15, -0.1) is 0 Å². The average molecular weight is 257 g/mol. The van der Waals surface area contributed by atoms with Gasteiger partial charge in [-0.2, -0.15) is 0 Å². The molecule has 1 unspecified atom stereocenters. The van der Waals surface area contributed by atoms with Crippen LogP contribution in [0.1, 0.15) is 53.9 Å². The highest BCUT2D eigenvalue weighted by Crippen LogP contribution is 2.16. The number of rotatable bonds is 8. The van der Waals surface area contributed by atoms with E-state index in [2.05, 4.69) is 20.8 Å². The van der Waals surface area contributed by atoms with Gasteiger partial charge in [-0.3, -0.25) is 9.59 Å². The van der Waals surface area contributed by atoms with Gasteiger partial charge in [-0.25, -0.2) is 0 Å². The number of hydrogen-bond donors (Lipinski definition) is 1. The number of carboxylic acid groups (broad SMARTS) is 1. The number of nitrogens with zero attached hydrogens (tertiary/aromatic N) is 1. The fraction of sp³-hybridized carbons (Fsp3) is 0.857. The molecule has 106 valence electrons. The highest BCUT2D eigenvalue weighted by atomic mass is 16.4. The number of aliphatic carboxylic acids is 1. The third-order valence-electron chi connectivity index (χ3n) is 2.91. The number of carbonyl (C=O) groups excluding carboxylic acids is 1. The van der Waals surface area contributed by atoms with Crippen LogP contribution in [0.15, 0.2) is 0 Å². The van der Waals surface area contributed by atoms with Crippen LogP contribution in [-0.4, -0.2) is 34.5 Å². The van der Waals surface area contributed by atoms with Crippen molar-refractivity contribution in [3.05, 3.63) is 0 Å². The largest absolute Gasteiger partial charge is 0.481 e. The van der Waals surface area contributed by atoms with Crippen LogP contribution in [0.3, 0.4) is 0 Å². The minimum atomic E-state index is -0.858. The third-order valence-corrected chi connectivity index (χ3v) is 2.91. The van der Waals surface area contributed by atoms with Gasteiger partial charge in [0.2, 0.25) is 5.91 Å². The molecule has 0 saturated heterocycles. The molecule has 0 heterocycles. The van der Waals surface area contributed by atoms with Gasteiger partial charge in [0, 0.05) is 19.0 Å². The molecule has 0 aliphatic carbocycles. The molecule has 0 aliphatic heterocycles. The monoisotopic (exact) mass is 257 g/mol. The lowest BCUT2D eigenvalue weighted by molar-refractivity contribution is -0.139. The molecule has 0 aromatic carbocycles. The minimum Gasteiger partial charge on any atom is -0.481 e. The maximum absolute atomic E-state index is 12.1. The van der Waals surface area contributed by atoms with Gasteiger partial charge < -0.3 is 10.0 Å². The number of hydrogen-bond acceptors (Lipinski definition) is 2. The lowest BCUT2D eigenvalue weighted by atomic mass is 9.95. The average Bonchev–Trinajstić information content (AvgIpc) is 2.14. The SMILES string of the molecule is CC(C)CC(C)CC(=O)N(CCC(=O)O)C(C)C. The van der Waals surface area contributed by atoms with Crippen molar-refractivity contribution in [2.75, 3.05) is 6.54 Å². The lowest BCUT2D eigenvalue weighted by Gasteiger charge is -2.27. The van der Waals surface area contributed by atoms with E-state index >= 15 is 0 Å². The van der Waals surface area contributed by atoms with Crippen molar-refractivity contribution in [2.45, 2.75) is 59.9 Å². The normalized spacial score (nSPS) is 12.8. The molecule has 1 atom stereocenters. The summed E-state index contributed by atoms with van der Waals surface area (Å²) in [6.07, 6.45) is 1.55. The van der Waals surface area contributed by atoms with Crippen LogP contribution < -0.4 is 0 Å². The van der Waals surface area contributed by atoms with E-state index < -0.39 is 5.97 Å². The minimum absolute atomic E-state index is 0.0164. The van der Waals surface area contributed by atoms with Gasteiger partial charge >= 0.3 is 5.97 Å². The predicted molar refractivity (Wildman–Crippen MR) is 72.3 cm³/mol. The topological polar surface area (TPSA) is 57.6 Å². The maximum Gasteiger partial charge on any atom is 0.305 e. The molecular weight excluding hydrogens is 230 g/mol. The molecule has 18 heavy (non-hydrogen) atoms. The van der Waals surface area contributed by atoms with Crippen LogP contribution >= 0.6 is 0 Å². The van der Waals surface area contributed by atoms with Gasteiger partial charge in [0.15, 0.2) is 0 Å². The predicted octanol–water partition coefficient (Wildman–Crippen LogP) is 2.77. The number of carbonyl (C=O) groups is 2. The number of amides is 1. The summed E-state index contributed by atoms with van der Waals surface area (Å²) in [5, 5.41) is 8.69. The summed E-state index contributed by atoms with van der Waals surface area (Å²) in [6.45, 7) is 10.5. The molecule has 0 radical (unpaired) electrons. The van der Waals surface area contributed by atoms with Crippen LogP contribution in [0.25, 0.3) is 0 Å². The molecule has 0 bridgehead atoms. The van der Waals surface area contributed by atoms with Crippen molar-refractivity contribution in [2.24, 2.45) is 11.8 Å². The van der Waals surface area contributed by atoms with Crippen LogP contribution in [0.2, 0.25) is 0 Å². The lowest BCUT2D eigenvalue weighted by Crippen LogP contribution is -2.39. The van der Waals surface area contributed by atoms with Gasteiger partial charge in [-0.05, 0) is 32.1 Å². The van der Waals surface area contributed by atoms with Crippen LogP contribution in [0.4, 0.5) is 0 Å². The Morgan fingerprint density at radius 2 is 1.67 bits per heavy atom. The van der Waals surface area contributed by atoms with E-state index in [4.69, 9.17) is 5.11 Å². The Bertz CT molecular complexity index is 274. The molecule has 1 N–H and O–H groups in total. The highest BCUT2D eigenvalue weighted by Gasteiger charge is 2.20. The smallest absolute Gasteiger partial charge is 0.305 e. The van der Waals surface area contributed by atoms with E-state index in [-0.39, 0.29) is 18.4 Å². The Labute approximate surface area is 110 Å². The second-order valence-electron chi connectivity index (χ2n) is 5.76. The van der Waals surface area contributed by atoms with Gasteiger partial charge in [0.1, 0.15) is 0 Å². The Morgan fingerprint density at radius 3 is 2.06 bits per heavy atom. The Balaban J connectivity index is 4.34. The first-order chi connectivity index (χ1) is 8.23. The molecule has 0 rings (SSSR count). The van der Waals surface area contributed by atoms with E-state index in [1.807, 2.05) is 13.8 Å². The first-order valence-corrected chi connectivity index (χ1v) is 6.75. The fourth-order valence-corrected chi connectivity index (χ4v) is 2.19. The van der Waals surface area contributed by atoms with Crippen molar-refractivity contribution < 1.29 is 14.7 Å². The molecule has 4 heteroatoms. The summed E-state index contributed by atoms with van der Waals surface area (Å²) < 4.78 is 0. The Kier molecular flexibility index (Phi) is 7.64. The highest BCUT2D eigenvalue weighted by molar-refractivity contribution is 5.77. The summed E-state index contributed by atoms with van der Waals surface area (Å²) in [5.41, 5.74) is 0. The third kappa shape index (κ3) is 7.30. The summed E-state index contributed by atoms with van der Waals surface area (Å²) in [4.78, 5) is 24.4. The first-order valence-electron chi connectivity index (χ1n) is 6.75.